The lowest BCUT2D eigenvalue weighted by atomic mass is 10.1. The van der Waals surface area contributed by atoms with Crippen LogP contribution in [0.1, 0.15) is 46.6 Å². The van der Waals surface area contributed by atoms with Gasteiger partial charge in [0.05, 0.1) is 17.3 Å². The number of rotatable bonds is 6. The average molecular weight is 308 g/mol. The van der Waals surface area contributed by atoms with Crippen LogP contribution in [0.5, 0.6) is 0 Å². The number of hydrogen-bond donors (Lipinski definition) is 2. The molecule has 0 aliphatic heterocycles. The van der Waals surface area contributed by atoms with E-state index in [-0.39, 0.29) is 18.5 Å². The molecule has 0 saturated carbocycles. The molecule has 1 aromatic heterocycles. The summed E-state index contributed by atoms with van der Waals surface area (Å²) in [4.78, 5) is 5.79. The maximum absolute atomic E-state index is 13.3. The maximum atomic E-state index is 13.3. The van der Waals surface area contributed by atoms with E-state index in [0.717, 1.165) is 22.7 Å². The van der Waals surface area contributed by atoms with Crippen LogP contribution in [-0.4, -0.2) is 10.1 Å². The fourth-order valence-electron chi connectivity index (χ4n) is 2.24. The van der Waals surface area contributed by atoms with Crippen molar-refractivity contribution in [2.75, 3.05) is 0 Å². The van der Waals surface area contributed by atoms with Gasteiger partial charge in [-0.1, -0.05) is 13.0 Å². The first kappa shape index (κ1) is 16.1. The molecule has 1 aromatic carbocycles. The minimum atomic E-state index is -0.361. The Morgan fingerprint density at radius 1 is 1.43 bits per heavy atom. The Labute approximate surface area is 128 Å². The number of hydrogen-bond acceptors (Lipinski definition) is 4. The summed E-state index contributed by atoms with van der Waals surface area (Å²) in [6, 6.07) is 5.04. The van der Waals surface area contributed by atoms with Gasteiger partial charge in [-0.25, -0.2) is 9.37 Å². The molecule has 0 amide bonds. The predicted octanol–water partition coefficient (Wildman–Crippen LogP) is 3.50. The molecule has 0 aliphatic carbocycles. The van der Waals surface area contributed by atoms with Gasteiger partial charge in [0.15, 0.2) is 0 Å². The number of aromatic nitrogens is 1. The molecular weight excluding hydrogens is 287 g/mol. The molecular formula is C16H21FN2OS. The van der Waals surface area contributed by atoms with Crippen LogP contribution in [0.2, 0.25) is 0 Å². The van der Waals surface area contributed by atoms with Gasteiger partial charge in [0.2, 0.25) is 0 Å². The topological polar surface area (TPSA) is 45.2 Å². The van der Waals surface area contributed by atoms with Gasteiger partial charge in [0.1, 0.15) is 5.82 Å². The van der Waals surface area contributed by atoms with Gasteiger partial charge in [-0.2, -0.15) is 0 Å². The Bertz CT molecular complexity index is 612. The summed E-state index contributed by atoms with van der Waals surface area (Å²) in [6.45, 7) is 6.60. The predicted molar refractivity (Wildman–Crippen MR) is 83.8 cm³/mol. The number of thiazole rings is 1. The average Bonchev–Trinajstić information content (AvgIpc) is 2.87. The first-order chi connectivity index (χ1) is 10.0. The minimum absolute atomic E-state index is 0.199. The SMILES string of the molecule is CCc1nc(C)c(C(C)NCc2ccc(F)c(CO)c2)s1. The number of aryl methyl sites for hydroxylation is 2. The van der Waals surface area contributed by atoms with Crippen LogP contribution in [0.3, 0.4) is 0 Å². The molecule has 0 fully saturated rings. The highest BCUT2D eigenvalue weighted by molar-refractivity contribution is 7.11. The third-order valence-corrected chi connectivity index (χ3v) is 4.95. The molecule has 114 valence electrons. The highest BCUT2D eigenvalue weighted by Crippen LogP contribution is 2.25. The summed E-state index contributed by atoms with van der Waals surface area (Å²) < 4.78 is 13.3. The van der Waals surface area contributed by atoms with E-state index in [4.69, 9.17) is 5.11 Å². The first-order valence-corrected chi connectivity index (χ1v) is 7.94. The molecule has 0 spiro atoms. The van der Waals surface area contributed by atoms with E-state index in [1.54, 1.807) is 23.5 Å². The van der Waals surface area contributed by atoms with Gasteiger partial charge in [0.25, 0.3) is 0 Å². The molecule has 2 N–H and O–H groups in total. The van der Waals surface area contributed by atoms with Crippen LogP contribution in [0.15, 0.2) is 18.2 Å². The summed E-state index contributed by atoms with van der Waals surface area (Å²) in [5, 5.41) is 13.7. The highest BCUT2D eigenvalue weighted by atomic mass is 32.1. The quantitative estimate of drug-likeness (QED) is 0.858. The summed E-state index contributed by atoms with van der Waals surface area (Å²) in [5.41, 5.74) is 2.38. The number of benzene rings is 1. The zero-order chi connectivity index (χ0) is 15.4. The lowest BCUT2D eigenvalue weighted by Gasteiger charge is -2.13. The van der Waals surface area contributed by atoms with Crippen molar-refractivity contribution in [1.29, 1.82) is 0 Å². The van der Waals surface area contributed by atoms with E-state index in [9.17, 15) is 4.39 Å². The van der Waals surface area contributed by atoms with Crippen LogP contribution >= 0.6 is 11.3 Å². The molecule has 21 heavy (non-hydrogen) atoms. The molecule has 3 nitrogen and oxygen atoms in total. The van der Waals surface area contributed by atoms with Crippen molar-refractivity contribution in [2.45, 2.75) is 46.4 Å². The second-order valence-electron chi connectivity index (χ2n) is 5.10. The Kier molecular flexibility index (Phi) is 5.45. The standard InChI is InChI=1S/C16H21FN2OS/c1-4-15-19-11(3)16(21-15)10(2)18-8-12-5-6-14(17)13(7-12)9-20/h5-7,10,18,20H,4,8-9H2,1-3H3. The molecule has 0 radical (unpaired) electrons. The van der Waals surface area contributed by atoms with Gasteiger partial charge in [-0.3, -0.25) is 0 Å². The number of aliphatic hydroxyl groups is 1. The van der Waals surface area contributed by atoms with Crippen LogP contribution in [-0.2, 0) is 19.6 Å². The second kappa shape index (κ2) is 7.11. The monoisotopic (exact) mass is 308 g/mol. The molecule has 2 rings (SSSR count). The number of nitrogens with zero attached hydrogens (tertiary/aromatic N) is 1. The van der Waals surface area contributed by atoms with Crippen molar-refractivity contribution >= 4 is 11.3 Å². The lowest BCUT2D eigenvalue weighted by Crippen LogP contribution is -2.18. The second-order valence-corrected chi connectivity index (χ2v) is 6.21. The van der Waals surface area contributed by atoms with E-state index in [1.165, 1.54) is 10.9 Å². The molecule has 1 unspecified atom stereocenters. The Morgan fingerprint density at radius 2 is 2.19 bits per heavy atom. The van der Waals surface area contributed by atoms with Gasteiger partial charge in [-0.05, 0) is 38.0 Å². The van der Waals surface area contributed by atoms with Crippen molar-refractivity contribution in [3.8, 4) is 0 Å². The first-order valence-electron chi connectivity index (χ1n) is 7.12. The smallest absolute Gasteiger partial charge is 0.128 e. The van der Waals surface area contributed by atoms with Gasteiger partial charge in [0, 0.05) is 23.0 Å². The summed E-state index contributed by atoms with van der Waals surface area (Å²) in [7, 11) is 0. The minimum Gasteiger partial charge on any atom is -0.392 e. The fourth-order valence-corrected chi connectivity index (χ4v) is 3.28. The highest BCUT2D eigenvalue weighted by Gasteiger charge is 2.13. The molecule has 0 bridgehead atoms. The van der Waals surface area contributed by atoms with Crippen LogP contribution < -0.4 is 5.32 Å². The molecule has 0 saturated heterocycles. The van der Waals surface area contributed by atoms with Crippen LogP contribution in [0, 0.1) is 12.7 Å². The normalized spacial score (nSPS) is 12.6. The molecule has 1 heterocycles. The summed E-state index contributed by atoms with van der Waals surface area (Å²) in [6.07, 6.45) is 0.954. The fraction of sp³-hybridized carbons (Fsp3) is 0.438. The van der Waals surface area contributed by atoms with E-state index in [1.807, 2.05) is 6.92 Å². The third-order valence-electron chi connectivity index (χ3n) is 3.47. The van der Waals surface area contributed by atoms with Gasteiger partial charge < -0.3 is 10.4 Å². The van der Waals surface area contributed by atoms with E-state index >= 15 is 0 Å². The Hall–Kier alpha value is -1.30. The Morgan fingerprint density at radius 3 is 2.81 bits per heavy atom. The van der Waals surface area contributed by atoms with Crippen molar-refractivity contribution in [2.24, 2.45) is 0 Å². The van der Waals surface area contributed by atoms with Crippen molar-refractivity contribution in [1.82, 2.24) is 10.3 Å². The van der Waals surface area contributed by atoms with Crippen molar-refractivity contribution in [3.63, 3.8) is 0 Å². The lowest BCUT2D eigenvalue weighted by molar-refractivity contribution is 0.275. The summed E-state index contributed by atoms with van der Waals surface area (Å²) in [5.74, 6) is -0.361. The van der Waals surface area contributed by atoms with Crippen molar-refractivity contribution < 1.29 is 9.50 Å². The molecule has 0 aliphatic rings. The summed E-state index contributed by atoms with van der Waals surface area (Å²) >= 11 is 1.74. The van der Waals surface area contributed by atoms with E-state index in [0.29, 0.717) is 12.1 Å². The van der Waals surface area contributed by atoms with Crippen LogP contribution in [0.4, 0.5) is 4.39 Å². The number of halogens is 1. The van der Waals surface area contributed by atoms with Gasteiger partial charge >= 0.3 is 0 Å². The molecule has 2 aromatic rings. The molecule has 1 atom stereocenters. The van der Waals surface area contributed by atoms with E-state index < -0.39 is 0 Å². The van der Waals surface area contributed by atoms with E-state index in [2.05, 4.69) is 24.1 Å². The number of aliphatic hydroxyl groups excluding tert-OH is 1. The van der Waals surface area contributed by atoms with Gasteiger partial charge in [-0.15, -0.1) is 11.3 Å². The zero-order valence-electron chi connectivity index (χ0n) is 12.6. The van der Waals surface area contributed by atoms with Crippen LogP contribution in [0.25, 0.3) is 0 Å². The zero-order valence-corrected chi connectivity index (χ0v) is 13.4. The van der Waals surface area contributed by atoms with Crippen molar-refractivity contribution in [3.05, 3.63) is 50.7 Å². The third kappa shape index (κ3) is 3.87. The maximum Gasteiger partial charge on any atom is 0.128 e. The Balaban J connectivity index is 2.03. The molecule has 5 heteroatoms. The largest absolute Gasteiger partial charge is 0.392 e. The number of nitrogens with one attached hydrogen (secondary N) is 1.